The summed E-state index contributed by atoms with van der Waals surface area (Å²) in [5.41, 5.74) is 0. The van der Waals surface area contributed by atoms with Crippen LogP contribution >= 0.6 is 0 Å². The Morgan fingerprint density at radius 2 is 1.46 bits per heavy atom. The molecule has 0 heterocycles. The normalized spacial score (nSPS) is 47.0. The molecule has 0 nitrogen and oxygen atoms in total. The lowest BCUT2D eigenvalue weighted by Crippen LogP contribution is -2.44. The van der Waals surface area contributed by atoms with Gasteiger partial charge in [0.1, 0.15) is 0 Å². The molecule has 5 unspecified atom stereocenters. The summed E-state index contributed by atoms with van der Waals surface area (Å²) < 4.78 is 0. The summed E-state index contributed by atoms with van der Waals surface area (Å²) in [6.07, 6.45) is 18.3. The maximum Gasteiger partial charge on any atom is -0.0326 e. The van der Waals surface area contributed by atoms with E-state index < -0.39 is 0 Å². The maximum absolute atomic E-state index is 2.63. The van der Waals surface area contributed by atoms with Crippen LogP contribution < -0.4 is 0 Å². The lowest BCUT2D eigenvalue weighted by molar-refractivity contribution is -0.0201. The molecule has 0 amide bonds. The summed E-state index contributed by atoms with van der Waals surface area (Å²) in [6.45, 7) is 10.1. The van der Waals surface area contributed by atoms with E-state index >= 15 is 0 Å². The first kappa shape index (κ1) is 18.8. The summed E-state index contributed by atoms with van der Waals surface area (Å²) in [7, 11) is 0. The number of rotatable bonds is 4. The Balaban J connectivity index is 1.75. The third kappa shape index (κ3) is 3.88. The van der Waals surface area contributed by atoms with Gasteiger partial charge in [-0.05, 0) is 73.0 Å². The van der Waals surface area contributed by atoms with Crippen molar-refractivity contribution < 1.29 is 0 Å². The molecule has 140 valence electrons. The van der Waals surface area contributed by atoms with E-state index in [-0.39, 0.29) is 0 Å². The van der Waals surface area contributed by atoms with Gasteiger partial charge in [-0.25, -0.2) is 0 Å². The van der Waals surface area contributed by atoms with Gasteiger partial charge in [0.15, 0.2) is 0 Å². The molecule has 3 rings (SSSR count). The van der Waals surface area contributed by atoms with Crippen LogP contribution in [-0.2, 0) is 0 Å². The highest BCUT2D eigenvalue weighted by atomic mass is 14.5. The summed E-state index contributed by atoms with van der Waals surface area (Å²) in [5, 5.41) is 0. The second kappa shape index (κ2) is 8.59. The van der Waals surface area contributed by atoms with Gasteiger partial charge < -0.3 is 0 Å². The van der Waals surface area contributed by atoms with Gasteiger partial charge in [0, 0.05) is 0 Å². The topological polar surface area (TPSA) is 0 Å². The first-order valence-corrected chi connectivity index (χ1v) is 11.7. The minimum absolute atomic E-state index is 0.958. The Bertz CT molecular complexity index is 372. The van der Waals surface area contributed by atoms with E-state index in [2.05, 4.69) is 27.7 Å². The molecule has 0 aromatic rings. The first-order chi connectivity index (χ1) is 11.7. The van der Waals surface area contributed by atoms with E-state index in [9.17, 15) is 0 Å². The zero-order chi connectivity index (χ0) is 17.1. The highest BCUT2D eigenvalue weighted by Crippen LogP contribution is 2.53. The molecule has 3 aliphatic carbocycles. The second-order valence-electron chi connectivity index (χ2n) is 10.0. The van der Waals surface area contributed by atoms with Gasteiger partial charge in [0.2, 0.25) is 0 Å². The molecule has 0 N–H and O–H groups in total. The number of hydrogen-bond acceptors (Lipinski definition) is 0. The van der Waals surface area contributed by atoms with Gasteiger partial charge >= 0.3 is 0 Å². The maximum atomic E-state index is 2.63. The summed E-state index contributed by atoms with van der Waals surface area (Å²) >= 11 is 0. The fraction of sp³-hybridized carbons (Fsp3) is 1.00. The predicted octanol–water partition coefficient (Wildman–Crippen LogP) is 7.72. The summed E-state index contributed by atoms with van der Waals surface area (Å²) in [6, 6.07) is 0. The Morgan fingerprint density at radius 1 is 0.750 bits per heavy atom. The molecule has 0 aliphatic heterocycles. The molecule has 3 aliphatic rings. The van der Waals surface area contributed by atoms with Crippen molar-refractivity contribution >= 4 is 0 Å². The highest BCUT2D eigenvalue weighted by molar-refractivity contribution is 4.94. The van der Waals surface area contributed by atoms with Gasteiger partial charge in [0.25, 0.3) is 0 Å². The zero-order valence-electron chi connectivity index (χ0n) is 17.1. The van der Waals surface area contributed by atoms with Crippen molar-refractivity contribution in [3.8, 4) is 0 Å². The molecule has 3 fully saturated rings. The van der Waals surface area contributed by atoms with Crippen molar-refractivity contribution in [2.75, 3.05) is 0 Å². The van der Waals surface area contributed by atoms with E-state index in [1.165, 1.54) is 44.9 Å². The molecule has 0 spiro atoms. The van der Waals surface area contributed by atoms with E-state index in [4.69, 9.17) is 0 Å². The van der Waals surface area contributed by atoms with Gasteiger partial charge in [-0.3, -0.25) is 0 Å². The molecule has 24 heavy (non-hydrogen) atoms. The quantitative estimate of drug-likeness (QED) is 0.494. The SMILES string of the molecule is CCC[C@@H]1C(CC)CC(C)[C@H](C)C1C1CCC2CCCCC[C@H]2C1. The van der Waals surface area contributed by atoms with Crippen LogP contribution in [-0.4, -0.2) is 0 Å². The Kier molecular flexibility index (Phi) is 6.72. The van der Waals surface area contributed by atoms with Gasteiger partial charge in [-0.2, -0.15) is 0 Å². The monoisotopic (exact) mass is 332 g/mol. The fourth-order valence-corrected chi connectivity index (χ4v) is 7.40. The molecular formula is C24H44. The lowest BCUT2D eigenvalue weighted by atomic mass is 9.54. The zero-order valence-corrected chi connectivity index (χ0v) is 17.1. The number of hydrogen-bond donors (Lipinski definition) is 0. The van der Waals surface area contributed by atoms with E-state index in [0.29, 0.717) is 0 Å². The van der Waals surface area contributed by atoms with Crippen LogP contribution in [0.1, 0.15) is 105 Å². The van der Waals surface area contributed by atoms with Crippen LogP contribution in [0.2, 0.25) is 0 Å². The average Bonchev–Trinajstić information content (AvgIpc) is 2.83. The third-order valence-electron chi connectivity index (χ3n) is 8.80. The molecule has 0 radical (unpaired) electrons. The summed E-state index contributed by atoms with van der Waals surface area (Å²) in [4.78, 5) is 0. The van der Waals surface area contributed by atoms with Crippen LogP contribution in [0.5, 0.6) is 0 Å². The average molecular weight is 333 g/mol. The molecule has 0 heteroatoms. The van der Waals surface area contributed by atoms with Crippen molar-refractivity contribution in [2.45, 2.75) is 105 Å². The molecule has 3 saturated carbocycles. The van der Waals surface area contributed by atoms with Crippen LogP contribution in [0, 0.1) is 47.3 Å². The minimum Gasteiger partial charge on any atom is -0.0654 e. The van der Waals surface area contributed by atoms with Crippen molar-refractivity contribution in [1.82, 2.24) is 0 Å². The largest absolute Gasteiger partial charge is 0.0654 e. The Hall–Kier alpha value is 0. The van der Waals surface area contributed by atoms with Crippen molar-refractivity contribution in [2.24, 2.45) is 47.3 Å². The molecular weight excluding hydrogens is 288 g/mol. The third-order valence-corrected chi connectivity index (χ3v) is 8.80. The first-order valence-electron chi connectivity index (χ1n) is 11.7. The Morgan fingerprint density at radius 3 is 2.17 bits per heavy atom. The molecule has 0 aromatic heterocycles. The van der Waals surface area contributed by atoms with E-state index in [0.717, 1.165) is 47.3 Å². The standard InChI is InChI=1S/C24H44/c1-5-10-23-19(6-2)15-17(3)18(4)24(23)22-14-13-20-11-8-7-9-12-21(20)16-22/h17-24H,5-16H2,1-4H3/t17?,18-,19?,20?,21-,22?,23+,24?/m0/s1. The van der Waals surface area contributed by atoms with Crippen molar-refractivity contribution in [3.63, 3.8) is 0 Å². The van der Waals surface area contributed by atoms with Crippen LogP contribution in [0.4, 0.5) is 0 Å². The van der Waals surface area contributed by atoms with Gasteiger partial charge in [0.05, 0.1) is 0 Å². The van der Waals surface area contributed by atoms with Gasteiger partial charge in [-0.1, -0.05) is 79.1 Å². The minimum atomic E-state index is 0.958. The smallest absolute Gasteiger partial charge is 0.0326 e. The van der Waals surface area contributed by atoms with Crippen LogP contribution in [0.15, 0.2) is 0 Å². The predicted molar refractivity (Wildman–Crippen MR) is 106 cm³/mol. The molecule has 0 aromatic carbocycles. The van der Waals surface area contributed by atoms with Gasteiger partial charge in [-0.15, -0.1) is 0 Å². The summed E-state index contributed by atoms with van der Waals surface area (Å²) in [5.74, 6) is 8.29. The van der Waals surface area contributed by atoms with Crippen molar-refractivity contribution in [1.29, 1.82) is 0 Å². The molecule has 0 bridgehead atoms. The number of fused-ring (bicyclic) bond motifs is 1. The highest BCUT2D eigenvalue weighted by Gasteiger charge is 2.45. The van der Waals surface area contributed by atoms with E-state index in [1.54, 1.807) is 32.1 Å². The fourth-order valence-electron chi connectivity index (χ4n) is 7.40. The molecule has 8 atom stereocenters. The molecule has 0 saturated heterocycles. The van der Waals surface area contributed by atoms with Crippen LogP contribution in [0.25, 0.3) is 0 Å². The second-order valence-corrected chi connectivity index (χ2v) is 10.0. The van der Waals surface area contributed by atoms with E-state index in [1.807, 2.05) is 0 Å². The Labute approximate surface area is 152 Å². The lowest BCUT2D eigenvalue weighted by Gasteiger charge is -2.51. The van der Waals surface area contributed by atoms with Crippen molar-refractivity contribution in [3.05, 3.63) is 0 Å². The van der Waals surface area contributed by atoms with Crippen LogP contribution in [0.3, 0.4) is 0 Å².